The normalized spacial score (nSPS) is 11.8. The van der Waals surface area contributed by atoms with Crippen molar-refractivity contribution in [3.63, 3.8) is 0 Å². The summed E-state index contributed by atoms with van der Waals surface area (Å²) in [6.45, 7) is 0. The number of H-pyrrole nitrogens is 1. The fourth-order valence-corrected chi connectivity index (χ4v) is 3.32. The number of hydrogen-bond donors (Lipinski definition) is 3. The van der Waals surface area contributed by atoms with E-state index in [0.29, 0.717) is 35.2 Å². The quantitative estimate of drug-likeness (QED) is 0.428. The first kappa shape index (κ1) is 18.9. The average Bonchev–Trinajstić information content (AvgIpc) is 3.09. The lowest BCUT2D eigenvalue weighted by atomic mass is 9.94. The summed E-state index contributed by atoms with van der Waals surface area (Å²) >= 11 is 0. The van der Waals surface area contributed by atoms with Gasteiger partial charge >= 0.3 is 6.18 Å². The molecule has 0 fully saturated rings. The lowest BCUT2D eigenvalue weighted by Crippen LogP contribution is -2.06. The minimum atomic E-state index is -4.52. The number of halogens is 3. The fraction of sp³-hybridized carbons (Fsp3) is 0.136. The molecule has 0 aliphatic rings. The van der Waals surface area contributed by atoms with Crippen molar-refractivity contribution in [3.05, 3.63) is 88.7 Å². The molecule has 0 radical (unpaired) electrons. The van der Waals surface area contributed by atoms with Crippen molar-refractivity contribution < 1.29 is 13.2 Å². The second kappa shape index (κ2) is 7.16. The first-order chi connectivity index (χ1) is 13.8. The molecule has 0 amide bonds. The van der Waals surface area contributed by atoms with Crippen molar-refractivity contribution in [2.45, 2.75) is 19.0 Å². The molecule has 5 N–H and O–H groups in total. The summed E-state index contributed by atoms with van der Waals surface area (Å²) in [5.41, 5.74) is 17.4. The molecule has 4 nitrogen and oxygen atoms in total. The summed E-state index contributed by atoms with van der Waals surface area (Å²) in [5, 5.41) is 0. The Kier molecular flexibility index (Phi) is 4.66. The number of benzene rings is 3. The average molecular weight is 396 g/mol. The van der Waals surface area contributed by atoms with Gasteiger partial charge in [0, 0.05) is 11.4 Å². The predicted molar refractivity (Wildman–Crippen MR) is 108 cm³/mol. The van der Waals surface area contributed by atoms with Crippen molar-refractivity contribution in [1.29, 1.82) is 0 Å². The van der Waals surface area contributed by atoms with E-state index in [1.807, 2.05) is 48.5 Å². The van der Waals surface area contributed by atoms with Crippen LogP contribution in [0.3, 0.4) is 0 Å². The number of nitrogens with one attached hydrogen (secondary N) is 1. The van der Waals surface area contributed by atoms with Crippen LogP contribution in [0, 0.1) is 0 Å². The van der Waals surface area contributed by atoms with Gasteiger partial charge in [-0.05, 0) is 71.5 Å². The summed E-state index contributed by atoms with van der Waals surface area (Å²) in [6, 6.07) is 18.4. The van der Waals surface area contributed by atoms with Gasteiger partial charge in [-0.3, -0.25) is 0 Å². The van der Waals surface area contributed by atoms with Crippen molar-refractivity contribution >= 4 is 22.4 Å². The van der Waals surface area contributed by atoms with Gasteiger partial charge in [0.05, 0.1) is 11.0 Å². The number of rotatable bonds is 4. The van der Waals surface area contributed by atoms with Crippen LogP contribution in [0.5, 0.6) is 0 Å². The molecule has 0 saturated heterocycles. The summed E-state index contributed by atoms with van der Waals surface area (Å²) in [6.07, 6.45) is -3.39. The Balaban J connectivity index is 1.78. The third-order valence-electron chi connectivity index (χ3n) is 4.82. The van der Waals surface area contributed by atoms with Crippen LogP contribution in [-0.2, 0) is 19.0 Å². The van der Waals surface area contributed by atoms with Crippen molar-refractivity contribution in [3.8, 4) is 0 Å². The third-order valence-corrected chi connectivity index (χ3v) is 4.82. The van der Waals surface area contributed by atoms with Gasteiger partial charge in [0.1, 0.15) is 0 Å². The highest BCUT2D eigenvalue weighted by molar-refractivity contribution is 5.77. The monoisotopic (exact) mass is 396 g/mol. The number of fused-ring (bicyclic) bond motifs is 1. The molecule has 148 valence electrons. The Morgan fingerprint density at radius 3 is 1.72 bits per heavy atom. The number of alkyl halides is 3. The van der Waals surface area contributed by atoms with Crippen LogP contribution in [0.25, 0.3) is 11.0 Å². The molecule has 4 aromatic rings. The standard InChI is InChI=1S/C22H19F3N4/c23-22(24,25)21-28-19-11-15(9-13-1-5-17(26)6-2-13)16(12-20(19)29-21)10-14-3-7-18(27)8-4-14/h1-8,11-12H,9-10,26-27H2,(H,28,29). The number of nitrogens with two attached hydrogens (primary N) is 2. The van der Waals surface area contributed by atoms with E-state index in [-0.39, 0.29) is 0 Å². The molecule has 1 aromatic heterocycles. The third kappa shape index (κ3) is 4.18. The van der Waals surface area contributed by atoms with Crippen LogP contribution in [0.4, 0.5) is 24.5 Å². The number of imidazole rings is 1. The molecule has 4 rings (SSSR count). The highest BCUT2D eigenvalue weighted by atomic mass is 19.4. The SMILES string of the molecule is Nc1ccc(Cc2cc3nc(C(F)(F)F)[nH]c3cc2Cc2ccc(N)cc2)cc1. The van der Waals surface area contributed by atoms with Gasteiger partial charge in [-0.2, -0.15) is 13.2 Å². The maximum atomic E-state index is 13.1. The number of aromatic amines is 1. The molecule has 0 atom stereocenters. The number of nitrogens with zero attached hydrogens (tertiary/aromatic N) is 1. The molecule has 0 aliphatic heterocycles. The molecule has 1 heterocycles. The number of aromatic nitrogens is 2. The molecule has 0 bridgehead atoms. The first-order valence-electron chi connectivity index (χ1n) is 9.05. The van der Waals surface area contributed by atoms with Gasteiger partial charge in [0.2, 0.25) is 5.82 Å². The molecule has 0 spiro atoms. The minimum Gasteiger partial charge on any atom is -0.399 e. The van der Waals surface area contributed by atoms with E-state index in [1.165, 1.54) is 0 Å². The van der Waals surface area contributed by atoms with E-state index in [2.05, 4.69) is 9.97 Å². The highest BCUT2D eigenvalue weighted by Gasteiger charge is 2.34. The number of anilines is 2. The van der Waals surface area contributed by atoms with Gasteiger partial charge < -0.3 is 16.5 Å². The molecule has 29 heavy (non-hydrogen) atoms. The summed E-state index contributed by atoms with van der Waals surface area (Å²) in [4.78, 5) is 6.14. The Morgan fingerprint density at radius 2 is 1.24 bits per heavy atom. The molecule has 0 saturated carbocycles. The topological polar surface area (TPSA) is 80.7 Å². The lowest BCUT2D eigenvalue weighted by molar-refractivity contribution is -0.144. The smallest absolute Gasteiger partial charge is 0.399 e. The van der Waals surface area contributed by atoms with Crippen LogP contribution in [0.15, 0.2) is 60.7 Å². The van der Waals surface area contributed by atoms with E-state index >= 15 is 0 Å². The van der Waals surface area contributed by atoms with E-state index in [1.54, 1.807) is 12.1 Å². The van der Waals surface area contributed by atoms with Crippen LogP contribution >= 0.6 is 0 Å². The Bertz CT molecular complexity index is 1060. The van der Waals surface area contributed by atoms with Gasteiger partial charge in [0.25, 0.3) is 0 Å². The van der Waals surface area contributed by atoms with Gasteiger partial charge in [-0.15, -0.1) is 0 Å². The lowest BCUT2D eigenvalue weighted by Gasteiger charge is -2.11. The van der Waals surface area contributed by atoms with Crippen LogP contribution in [-0.4, -0.2) is 9.97 Å². The maximum absolute atomic E-state index is 13.1. The van der Waals surface area contributed by atoms with Crippen LogP contribution in [0.1, 0.15) is 28.1 Å². The molecular weight excluding hydrogens is 377 g/mol. The van der Waals surface area contributed by atoms with Crippen LogP contribution < -0.4 is 11.5 Å². The predicted octanol–water partition coefficient (Wildman–Crippen LogP) is 4.93. The van der Waals surface area contributed by atoms with Crippen molar-refractivity contribution in [2.24, 2.45) is 0 Å². The molecule has 7 heteroatoms. The zero-order chi connectivity index (χ0) is 20.6. The zero-order valence-corrected chi connectivity index (χ0v) is 15.4. The second-order valence-corrected chi connectivity index (χ2v) is 7.06. The van der Waals surface area contributed by atoms with Gasteiger partial charge in [-0.1, -0.05) is 24.3 Å². The maximum Gasteiger partial charge on any atom is 0.449 e. The molecular formula is C22H19F3N4. The van der Waals surface area contributed by atoms with Crippen molar-refractivity contribution in [1.82, 2.24) is 9.97 Å². The molecule has 3 aromatic carbocycles. The van der Waals surface area contributed by atoms with E-state index in [0.717, 1.165) is 22.3 Å². The Labute approximate surface area is 165 Å². The van der Waals surface area contributed by atoms with E-state index in [4.69, 9.17) is 11.5 Å². The van der Waals surface area contributed by atoms with Crippen molar-refractivity contribution in [2.75, 3.05) is 11.5 Å². The second-order valence-electron chi connectivity index (χ2n) is 7.06. The van der Waals surface area contributed by atoms with Crippen LogP contribution in [0.2, 0.25) is 0 Å². The largest absolute Gasteiger partial charge is 0.449 e. The molecule has 0 aliphatic carbocycles. The van der Waals surface area contributed by atoms with Gasteiger partial charge in [-0.25, -0.2) is 4.98 Å². The summed E-state index contributed by atoms with van der Waals surface area (Å²) < 4.78 is 39.2. The number of hydrogen-bond acceptors (Lipinski definition) is 3. The summed E-state index contributed by atoms with van der Waals surface area (Å²) in [7, 11) is 0. The van der Waals surface area contributed by atoms with E-state index in [9.17, 15) is 13.2 Å². The highest BCUT2D eigenvalue weighted by Crippen LogP contribution is 2.30. The minimum absolute atomic E-state index is 0.295. The Hall–Kier alpha value is -3.48. The van der Waals surface area contributed by atoms with E-state index < -0.39 is 12.0 Å². The summed E-state index contributed by atoms with van der Waals surface area (Å²) in [5.74, 6) is -0.990. The molecule has 0 unspecified atom stereocenters. The zero-order valence-electron chi connectivity index (χ0n) is 15.4. The first-order valence-corrected chi connectivity index (χ1v) is 9.05. The Morgan fingerprint density at radius 1 is 0.759 bits per heavy atom. The number of nitrogen functional groups attached to an aromatic ring is 2. The fourth-order valence-electron chi connectivity index (χ4n) is 3.32. The van der Waals surface area contributed by atoms with Gasteiger partial charge in [0.15, 0.2) is 0 Å².